The van der Waals surface area contributed by atoms with Crippen molar-refractivity contribution >= 4 is 0 Å². The lowest BCUT2D eigenvalue weighted by molar-refractivity contribution is -0.702. The Kier molecular flexibility index (Phi) is 0.765. The molecule has 4 rings (SSSR count). The maximum atomic E-state index is 5.53. The monoisotopic (exact) mass is 165 g/mol. The zero-order chi connectivity index (χ0) is 7.92. The van der Waals surface area contributed by atoms with Crippen molar-refractivity contribution in [3.05, 3.63) is 11.3 Å². The highest BCUT2D eigenvalue weighted by molar-refractivity contribution is 5.54. The van der Waals surface area contributed by atoms with Gasteiger partial charge >= 0.3 is 0 Å². The number of fused-ring (bicyclic) bond motifs is 2. The summed E-state index contributed by atoms with van der Waals surface area (Å²) in [6.45, 7) is 4.36. The minimum atomic E-state index is 0.500. The molecule has 4 atom stereocenters. The first-order valence-corrected chi connectivity index (χ1v) is 4.89. The van der Waals surface area contributed by atoms with Crippen LogP contribution in [-0.4, -0.2) is 29.8 Å². The standard InChI is InChI=1S/C9H13N2O/c1-2-10-12-9-7-4-11(7,9)8-5-3-6(5)8/h5,7,9-10H,2-4H2,1H3/q+1/t5?,7-,9?,11?/m1/s1. The van der Waals surface area contributed by atoms with Gasteiger partial charge in [-0.2, -0.15) is 5.48 Å². The number of quaternary nitrogens is 1. The molecule has 64 valence electrons. The number of hydrogen-bond acceptors (Lipinski definition) is 2. The first-order chi connectivity index (χ1) is 5.89. The molecule has 4 aliphatic rings. The minimum absolute atomic E-state index is 0.500. The molecule has 1 saturated carbocycles. The van der Waals surface area contributed by atoms with Gasteiger partial charge in [0.1, 0.15) is 12.2 Å². The van der Waals surface area contributed by atoms with E-state index in [2.05, 4.69) is 12.4 Å². The number of rotatable bonds is 4. The fraction of sp³-hybridized carbons (Fsp3) is 0.778. The summed E-state index contributed by atoms with van der Waals surface area (Å²) in [5.41, 5.74) is 6.49. The van der Waals surface area contributed by atoms with Crippen LogP contribution in [0.3, 0.4) is 0 Å². The van der Waals surface area contributed by atoms with E-state index >= 15 is 0 Å². The Morgan fingerprint density at radius 1 is 1.67 bits per heavy atom. The molecule has 1 N–H and O–H groups in total. The number of nitrogens with zero attached hydrogens (tertiary/aromatic N) is 1. The molecule has 3 fully saturated rings. The fourth-order valence-corrected chi connectivity index (χ4v) is 2.59. The molecule has 0 aromatic carbocycles. The number of hydrogen-bond donors (Lipinski definition) is 1. The van der Waals surface area contributed by atoms with Gasteiger partial charge in [0.2, 0.25) is 6.04 Å². The number of hydroxylamine groups is 1. The van der Waals surface area contributed by atoms with Crippen LogP contribution in [0.2, 0.25) is 0 Å². The van der Waals surface area contributed by atoms with E-state index in [4.69, 9.17) is 4.84 Å². The van der Waals surface area contributed by atoms with E-state index in [0.717, 1.165) is 18.5 Å². The molecular formula is C9H13N2O+. The van der Waals surface area contributed by atoms with E-state index in [1.165, 1.54) is 17.4 Å². The second-order valence-corrected chi connectivity index (χ2v) is 4.35. The fourth-order valence-electron chi connectivity index (χ4n) is 2.59. The third-order valence-corrected chi connectivity index (χ3v) is 3.70. The van der Waals surface area contributed by atoms with Crippen LogP contribution < -0.4 is 5.48 Å². The molecule has 3 nitrogen and oxygen atoms in total. The molecule has 0 aromatic heterocycles. The topological polar surface area (TPSA) is 21.3 Å². The summed E-state index contributed by atoms with van der Waals surface area (Å²) >= 11 is 0. The molecule has 2 aliphatic heterocycles. The summed E-state index contributed by atoms with van der Waals surface area (Å²) in [4.78, 5) is 5.53. The Balaban J connectivity index is 1.47. The largest absolute Gasteiger partial charge is 0.274 e. The predicted octanol–water partition coefficient (Wildman–Crippen LogP) is 0.354. The highest BCUT2D eigenvalue weighted by Gasteiger charge is 2.92. The molecule has 2 heterocycles. The van der Waals surface area contributed by atoms with Crippen LogP contribution in [-0.2, 0) is 4.84 Å². The first kappa shape index (κ1) is 6.13. The molecule has 3 heteroatoms. The van der Waals surface area contributed by atoms with Gasteiger partial charge in [0.05, 0.1) is 5.92 Å². The smallest absolute Gasteiger partial charge is 0.243 e. The third kappa shape index (κ3) is 0.479. The SMILES string of the molecule is CCNOC1[C@H]2C[N+]12C1=C2CC21. The Bertz CT molecular complexity index is 312. The maximum Gasteiger partial charge on any atom is 0.274 e. The molecule has 0 amide bonds. The van der Waals surface area contributed by atoms with Gasteiger partial charge in [0, 0.05) is 12.1 Å². The summed E-state index contributed by atoms with van der Waals surface area (Å²) in [5, 5.41) is 0. The maximum absolute atomic E-state index is 5.53. The summed E-state index contributed by atoms with van der Waals surface area (Å²) < 4.78 is 1.24. The van der Waals surface area contributed by atoms with E-state index in [1.807, 2.05) is 0 Å². The van der Waals surface area contributed by atoms with E-state index in [1.54, 1.807) is 11.3 Å². The Labute approximate surface area is 71.5 Å². The van der Waals surface area contributed by atoms with Crippen LogP contribution in [0.15, 0.2) is 11.3 Å². The molecule has 2 saturated heterocycles. The van der Waals surface area contributed by atoms with Gasteiger partial charge in [-0.1, -0.05) is 6.92 Å². The van der Waals surface area contributed by atoms with E-state index in [9.17, 15) is 0 Å². The highest BCUT2D eigenvalue weighted by atomic mass is 16.7. The van der Waals surface area contributed by atoms with Crippen molar-refractivity contribution in [1.29, 1.82) is 0 Å². The zero-order valence-electron chi connectivity index (χ0n) is 7.21. The van der Waals surface area contributed by atoms with Crippen LogP contribution in [0, 0.1) is 5.92 Å². The summed E-state index contributed by atoms with van der Waals surface area (Å²) in [6, 6.07) is 0.847. The molecule has 0 bridgehead atoms. The van der Waals surface area contributed by atoms with Crippen molar-refractivity contribution in [2.45, 2.75) is 25.6 Å². The van der Waals surface area contributed by atoms with Gasteiger partial charge in [-0.3, -0.25) is 0 Å². The Morgan fingerprint density at radius 2 is 2.50 bits per heavy atom. The van der Waals surface area contributed by atoms with Gasteiger partial charge in [-0.25, -0.2) is 9.32 Å². The van der Waals surface area contributed by atoms with Gasteiger partial charge in [0.15, 0.2) is 0 Å². The van der Waals surface area contributed by atoms with Gasteiger partial charge in [0.25, 0.3) is 6.23 Å². The minimum Gasteiger partial charge on any atom is -0.243 e. The second-order valence-electron chi connectivity index (χ2n) is 4.35. The lowest BCUT2D eigenvalue weighted by atomic mass is 10.4. The van der Waals surface area contributed by atoms with Crippen LogP contribution in [0.4, 0.5) is 0 Å². The van der Waals surface area contributed by atoms with Crippen molar-refractivity contribution < 1.29 is 9.32 Å². The summed E-state index contributed by atoms with van der Waals surface area (Å²) in [6.07, 6.45) is 1.91. The quantitative estimate of drug-likeness (QED) is 0.369. The Hall–Kier alpha value is -0.380. The van der Waals surface area contributed by atoms with Gasteiger partial charge in [-0.05, 0) is 6.42 Å². The van der Waals surface area contributed by atoms with Crippen molar-refractivity contribution in [2.75, 3.05) is 13.1 Å². The van der Waals surface area contributed by atoms with Crippen molar-refractivity contribution in [3.8, 4) is 0 Å². The molecule has 0 aromatic rings. The summed E-state index contributed by atoms with van der Waals surface area (Å²) in [7, 11) is 0. The van der Waals surface area contributed by atoms with Crippen molar-refractivity contribution in [3.63, 3.8) is 0 Å². The zero-order valence-corrected chi connectivity index (χ0v) is 7.21. The lowest BCUT2D eigenvalue weighted by Crippen LogP contribution is -2.28. The van der Waals surface area contributed by atoms with Crippen LogP contribution in [0.1, 0.15) is 13.3 Å². The normalized spacial score (nSPS) is 56.2. The van der Waals surface area contributed by atoms with Crippen LogP contribution in [0.5, 0.6) is 0 Å². The van der Waals surface area contributed by atoms with E-state index in [0.29, 0.717) is 6.23 Å². The second kappa shape index (κ2) is 1.50. The third-order valence-electron chi connectivity index (χ3n) is 3.70. The number of allylic oxidation sites excluding steroid dienone is 2. The highest BCUT2D eigenvalue weighted by Crippen LogP contribution is 2.76. The predicted molar refractivity (Wildman–Crippen MR) is 42.6 cm³/mol. The summed E-state index contributed by atoms with van der Waals surface area (Å²) in [5.74, 6) is 0.963. The van der Waals surface area contributed by atoms with E-state index in [-0.39, 0.29) is 0 Å². The van der Waals surface area contributed by atoms with Crippen molar-refractivity contribution in [2.24, 2.45) is 5.92 Å². The lowest BCUT2D eigenvalue weighted by Gasteiger charge is -2.08. The van der Waals surface area contributed by atoms with Crippen molar-refractivity contribution in [1.82, 2.24) is 5.48 Å². The molecular weight excluding hydrogens is 152 g/mol. The van der Waals surface area contributed by atoms with Crippen LogP contribution >= 0.6 is 0 Å². The average molecular weight is 165 g/mol. The van der Waals surface area contributed by atoms with Gasteiger partial charge < -0.3 is 0 Å². The van der Waals surface area contributed by atoms with E-state index < -0.39 is 0 Å². The molecule has 3 unspecified atom stereocenters. The molecule has 0 radical (unpaired) electrons. The molecule has 12 heavy (non-hydrogen) atoms. The van der Waals surface area contributed by atoms with Gasteiger partial charge in [-0.15, -0.1) is 0 Å². The Morgan fingerprint density at radius 3 is 3.00 bits per heavy atom. The molecule has 2 aliphatic carbocycles. The van der Waals surface area contributed by atoms with Crippen LogP contribution in [0.25, 0.3) is 0 Å². The molecule has 0 spiro atoms. The first-order valence-electron chi connectivity index (χ1n) is 4.89. The average Bonchev–Trinajstić information content (AvgIpc) is 2.80. The number of nitrogens with one attached hydrogen (secondary N) is 1.